The maximum Gasteiger partial charge on any atom is 0.146 e. The highest BCUT2D eigenvalue weighted by Crippen LogP contribution is 2.42. The molecule has 5 heteroatoms. The zero-order valence-corrected chi connectivity index (χ0v) is 24.7. The van der Waals surface area contributed by atoms with Crippen LogP contribution in [0, 0.1) is 0 Å². The van der Waals surface area contributed by atoms with E-state index in [0.29, 0.717) is 16.9 Å². The van der Waals surface area contributed by atoms with Crippen LogP contribution >= 0.6 is 43.5 Å². The fraction of sp³-hybridized carbons (Fsp3) is 0.345. The molecule has 0 spiro atoms. The van der Waals surface area contributed by atoms with E-state index >= 15 is 0 Å². The maximum absolute atomic E-state index is 6.55. The molecule has 3 aromatic carbocycles. The van der Waals surface area contributed by atoms with Crippen molar-refractivity contribution in [2.24, 2.45) is 0 Å². The van der Waals surface area contributed by atoms with Gasteiger partial charge in [-0.05, 0) is 90.1 Å². The highest BCUT2D eigenvalue weighted by molar-refractivity contribution is 9.13. The molecule has 178 valence electrons. The molecule has 0 radical (unpaired) electrons. The summed E-state index contributed by atoms with van der Waals surface area (Å²) in [6, 6.07) is 17.2. The molecule has 2 nitrogen and oxygen atoms in total. The first-order valence-electron chi connectivity index (χ1n) is 11.7. The minimum atomic E-state index is 0.0384. The van der Waals surface area contributed by atoms with E-state index < -0.39 is 0 Å². The molecular weight excluding hydrogens is 572 g/mol. The Labute approximate surface area is 225 Å². The third-order valence-electron chi connectivity index (χ3n) is 6.33. The number of aromatic nitrogens is 2. The van der Waals surface area contributed by atoms with E-state index in [1.807, 2.05) is 12.1 Å². The van der Waals surface area contributed by atoms with Gasteiger partial charge < -0.3 is 0 Å². The van der Waals surface area contributed by atoms with Gasteiger partial charge in [0.25, 0.3) is 0 Å². The third-order valence-corrected chi connectivity index (χ3v) is 8.54. The Bertz CT molecular complexity index is 1350. The summed E-state index contributed by atoms with van der Waals surface area (Å²) >= 11 is 14.0. The summed E-state index contributed by atoms with van der Waals surface area (Å²) in [7, 11) is 0. The van der Waals surface area contributed by atoms with Crippen LogP contribution in [0.5, 0.6) is 0 Å². The predicted molar refractivity (Wildman–Crippen MR) is 154 cm³/mol. The van der Waals surface area contributed by atoms with Gasteiger partial charge in [-0.3, -0.25) is 4.57 Å². The SMILES string of the molecule is CC(C)c1cccc(C(C)C)c1-c1nc2cc(C(C)(C)C)ccc2n1-c1cc(Cl)cc(Br)c1Br. The number of halogens is 3. The molecule has 0 atom stereocenters. The van der Waals surface area contributed by atoms with Crippen LogP contribution in [-0.4, -0.2) is 9.55 Å². The molecule has 0 N–H and O–H groups in total. The monoisotopic (exact) mass is 600 g/mol. The van der Waals surface area contributed by atoms with Crippen molar-refractivity contribution in [2.45, 2.75) is 65.7 Å². The van der Waals surface area contributed by atoms with Crippen molar-refractivity contribution in [3.63, 3.8) is 0 Å². The lowest BCUT2D eigenvalue weighted by Gasteiger charge is -2.21. The second-order valence-electron chi connectivity index (χ2n) is 10.6. The van der Waals surface area contributed by atoms with E-state index in [9.17, 15) is 0 Å². The highest BCUT2D eigenvalue weighted by Gasteiger charge is 2.25. The number of hydrogen-bond acceptors (Lipinski definition) is 1. The van der Waals surface area contributed by atoms with Crippen molar-refractivity contribution >= 4 is 54.5 Å². The molecule has 0 saturated carbocycles. The molecule has 0 aliphatic carbocycles. The van der Waals surface area contributed by atoms with Crippen molar-refractivity contribution in [2.75, 3.05) is 0 Å². The maximum atomic E-state index is 6.55. The number of fused-ring (bicyclic) bond motifs is 1. The minimum Gasteiger partial charge on any atom is -0.291 e. The molecule has 0 unspecified atom stereocenters. The molecule has 0 amide bonds. The summed E-state index contributed by atoms with van der Waals surface area (Å²) < 4.78 is 4.12. The standard InChI is InChI=1S/C29H31Br2ClN2/c1-16(2)20-9-8-10-21(17(3)4)26(20)28-33-23-13-18(29(5,6)7)11-12-24(23)34(28)25-15-19(32)14-22(30)27(25)31/h8-17H,1-7H3. The zero-order chi connectivity index (χ0) is 24.9. The smallest absolute Gasteiger partial charge is 0.146 e. The summed E-state index contributed by atoms with van der Waals surface area (Å²) in [6.07, 6.45) is 0. The lowest BCUT2D eigenvalue weighted by atomic mass is 9.87. The van der Waals surface area contributed by atoms with Crippen molar-refractivity contribution in [1.82, 2.24) is 9.55 Å². The molecule has 4 aromatic rings. The van der Waals surface area contributed by atoms with Crippen LogP contribution in [0.4, 0.5) is 0 Å². The molecule has 0 aliphatic heterocycles. The van der Waals surface area contributed by atoms with Crippen LogP contribution in [0.1, 0.15) is 77.0 Å². The molecule has 0 bridgehead atoms. The van der Waals surface area contributed by atoms with Crippen LogP contribution in [0.15, 0.2) is 57.5 Å². The fourth-order valence-electron chi connectivity index (χ4n) is 4.47. The van der Waals surface area contributed by atoms with E-state index in [0.717, 1.165) is 31.5 Å². The van der Waals surface area contributed by atoms with Crippen molar-refractivity contribution in [3.05, 3.63) is 79.2 Å². The molecule has 1 heterocycles. The van der Waals surface area contributed by atoms with E-state index in [1.54, 1.807) is 0 Å². The van der Waals surface area contributed by atoms with Gasteiger partial charge in [0.1, 0.15) is 5.82 Å². The summed E-state index contributed by atoms with van der Waals surface area (Å²) in [4.78, 5) is 5.30. The second-order valence-corrected chi connectivity index (χ2v) is 12.6. The minimum absolute atomic E-state index is 0.0384. The molecular formula is C29H31Br2ClN2. The van der Waals surface area contributed by atoms with Gasteiger partial charge in [-0.2, -0.15) is 0 Å². The fourth-order valence-corrected chi connectivity index (χ4v) is 5.67. The van der Waals surface area contributed by atoms with Gasteiger partial charge in [-0.25, -0.2) is 4.98 Å². The van der Waals surface area contributed by atoms with Gasteiger partial charge in [0.05, 0.1) is 21.2 Å². The largest absolute Gasteiger partial charge is 0.291 e. The van der Waals surface area contributed by atoms with E-state index in [4.69, 9.17) is 16.6 Å². The lowest BCUT2D eigenvalue weighted by Crippen LogP contribution is -2.10. The molecule has 34 heavy (non-hydrogen) atoms. The van der Waals surface area contributed by atoms with E-state index in [2.05, 4.69) is 121 Å². The van der Waals surface area contributed by atoms with Crippen LogP contribution < -0.4 is 0 Å². The van der Waals surface area contributed by atoms with Crippen LogP contribution in [0.3, 0.4) is 0 Å². The summed E-state index contributed by atoms with van der Waals surface area (Å²) in [6.45, 7) is 15.7. The molecule has 1 aromatic heterocycles. The molecule has 0 saturated heterocycles. The Morgan fingerprint density at radius 1 is 0.882 bits per heavy atom. The molecule has 4 rings (SSSR count). The number of nitrogens with zero attached hydrogens (tertiary/aromatic N) is 2. The number of hydrogen-bond donors (Lipinski definition) is 0. The average Bonchev–Trinajstić information content (AvgIpc) is 3.13. The van der Waals surface area contributed by atoms with Crippen molar-refractivity contribution in [1.29, 1.82) is 0 Å². The van der Waals surface area contributed by atoms with E-state index in [-0.39, 0.29) is 5.41 Å². The second kappa shape index (κ2) is 9.44. The number of benzene rings is 3. The first-order chi connectivity index (χ1) is 15.9. The number of rotatable bonds is 4. The third kappa shape index (κ3) is 4.62. The summed E-state index contributed by atoms with van der Waals surface area (Å²) in [5.74, 6) is 1.67. The molecule has 0 aliphatic rings. The van der Waals surface area contributed by atoms with Gasteiger partial charge >= 0.3 is 0 Å². The first-order valence-corrected chi connectivity index (χ1v) is 13.7. The van der Waals surface area contributed by atoms with Crippen molar-refractivity contribution < 1.29 is 0 Å². The highest BCUT2D eigenvalue weighted by atomic mass is 79.9. The van der Waals surface area contributed by atoms with Gasteiger partial charge in [0, 0.05) is 15.1 Å². The van der Waals surface area contributed by atoms with Crippen LogP contribution in [-0.2, 0) is 5.41 Å². The zero-order valence-electron chi connectivity index (χ0n) is 20.8. The quantitative estimate of drug-likeness (QED) is 0.213. The summed E-state index contributed by atoms with van der Waals surface area (Å²) in [5, 5.41) is 0.672. The predicted octanol–water partition coefficient (Wildman–Crippen LogP) is 10.4. The lowest BCUT2D eigenvalue weighted by molar-refractivity contribution is 0.591. The van der Waals surface area contributed by atoms with Gasteiger partial charge in [-0.15, -0.1) is 0 Å². The van der Waals surface area contributed by atoms with Crippen LogP contribution in [0.2, 0.25) is 5.02 Å². The normalized spacial score (nSPS) is 12.4. The topological polar surface area (TPSA) is 17.8 Å². The Morgan fingerprint density at radius 3 is 2.06 bits per heavy atom. The first kappa shape index (κ1) is 25.5. The van der Waals surface area contributed by atoms with E-state index in [1.165, 1.54) is 22.3 Å². The van der Waals surface area contributed by atoms with Gasteiger partial charge in [-0.1, -0.05) is 84.3 Å². The molecule has 0 fully saturated rings. The number of imidazole rings is 1. The van der Waals surface area contributed by atoms with Gasteiger partial charge in [0.2, 0.25) is 0 Å². The van der Waals surface area contributed by atoms with Crippen LogP contribution in [0.25, 0.3) is 28.1 Å². The Kier molecular flexibility index (Phi) is 7.07. The summed E-state index contributed by atoms with van der Waals surface area (Å²) in [5.41, 5.74) is 8.13. The Balaban J connectivity index is 2.19. The Hall–Kier alpha value is -1.62. The van der Waals surface area contributed by atoms with Crippen molar-refractivity contribution in [3.8, 4) is 17.1 Å². The van der Waals surface area contributed by atoms with Gasteiger partial charge in [0.15, 0.2) is 0 Å². The Morgan fingerprint density at radius 2 is 1.50 bits per heavy atom. The average molecular weight is 603 g/mol.